The van der Waals surface area contributed by atoms with Crippen LogP contribution < -0.4 is 4.72 Å². The van der Waals surface area contributed by atoms with Crippen molar-refractivity contribution in [2.45, 2.75) is 33.7 Å². The molecule has 1 N–H and O–H groups in total. The van der Waals surface area contributed by atoms with Crippen molar-refractivity contribution in [3.05, 3.63) is 76.4 Å². The molecule has 1 heterocycles. The quantitative estimate of drug-likeness (QED) is 0.901. The highest BCUT2D eigenvalue weighted by Gasteiger charge is 2.33. The Morgan fingerprint density at radius 2 is 1.64 bits per heavy atom. The molecule has 0 aromatic heterocycles. The Morgan fingerprint density at radius 1 is 0.960 bits per heavy atom. The van der Waals surface area contributed by atoms with Crippen LogP contribution in [0.1, 0.15) is 42.1 Å². The molecule has 0 bridgehead atoms. The van der Waals surface area contributed by atoms with Gasteiger partial charge in [0.1, 0.15) is 10.7 Å². The molecule has 2 aromatic carbocycles. The molecule has 3 rings (SSSR count). The molecule has 0 unspecified atom stereocenters. The second-order valence-electron chi connectivity index (χ2n) is 6.42. The molecule has 1 atom stereocenters. The first kappa shape index (κ1) is 17.4. The minimum atomic E-state index is -3.60. The number of rotatable bonds is 3. The summed E-state index contributed by atoms with van der Waals surface area (Å²) < 4.78 is 27.9. The van der Waals surface area contributed by atoms with E-state index in [1.165, 1.54) is 0 Å². The van der Waals surface area contributed by atoms with E-state index < -0.39 is 10.0 Å². The van der Waals surface area contributed by atoms with Gasteiger partial charge in [0, 0.05) is 5.57 Å². The van der Waals surface area contributed by atoms with Gasteiger partial charge in [-0.25, -0.2) is 8.42 Å². The molecule has 0 aliphatic carbocycles. The van der Waals surface area contributed by atoms with Gasteiger partial charge >= 0.3 is 0 Å². The first-order valence-corrected chi connectivity index (χ1v) is 9.72. The van der Waals surface area contributed by atoms with Crippen molar-refractivity contribution < 1.29 is 8.42 Å². The van der Waals surface area contributed by atoms with Crippen molar-refractivity contribution in [2.75, 3.05) is 0 Å². The molecule has 130 valence electrons. The van der Waals surface area contributed by atoms with E-state index in [0.717, 1.165) is 16.7 Å². The molecule has 1 aliphatic rings. The molecule has 25 heavy (non-hydrogen) atoms. The maximum atomic E-state index is 12.6. The van der Waals surface area contributed by atoms with Gasteiger partial charge in [-0.15, -0.1) is 0 Å². The van der Waals surface area contributed by atoms with Crippen molar-refractivity contribution in [1.29, 1.82) is 0 Å². The minimum absolute atomic E-state index is 0.132. The average molecular weight is 354 g/mol. The fourth-order valence-electron chi connectivity index (χ4n) is 2.94. The van der Waals surface area contributed by atoms with Crippen LogP contribution in [0.5, 0.6) is 0 Å². The minimum Gasteiger partial charge on any atom is -0.263 e. The molecule has 0 amide bonds. The van der Waals surface area contributed by atoms with Crippen LogP contribution in [0.2, 0.25) is 0 Å². The predicted molar refractivity (Wildman–Crippen MR) is 103 cm³/mol. The molecule has 0 saturated heterocycles. The maximum Gasteiger partial charge on any atom is 0.264 e. The normalized spacial score (nSPS) is 19.1. The summed E-state index contributed by atoms with van der Waals surface area (Å²) in [6, 6.07) is 15.4. The summed E-state index contributed by atoms with van der Waals surface area (Å²) in [5, 5.41) is 0. The van der Waals surface area contributed by atoms with E-state index in [1.807, 2.05) is 69.3 Å². The lowest BCUT2D eigenvalue weighted by atomic mass is 10.0. The Hall–Kier alpha value is -2.40. The number of sulfonamides is 1. The topological polar surface area (TPSA) is 58.5 Å². The van der Waals surface area contributed by atoms with Gasteiger partial charge in [-0.1, -0.05) is 48.5 Å². The van der Waals surface area contributed by atoms with Gasteiger partial charge < -0.3 is 0 Å². The van der Waals surface area contributed by atoms with Gasteiger partial charge in [0.25, 0.3) is 10.0 Å². The van der Waals surface area contributed by atoms with Crippen LogP contribution in [0.15, 0.2) is 59.1 Å². The maximum absolute atomic E-state index is 12.6. The largest absolute Gasteiger partial charge is 0.264 e. The molecule has 0 radical (unpaired) electrons. The van der Waals surface area contributed by atoms with Gasteiger partial charge in [-0.2, -0.15) is 0 Å². The van der Waals surface area contributed by atoms with Crippen molar-refractivity contribution in [1.82, 2.24) is 4.72 Å². The standard InChI is InChI=1S/C20H22N2O2S/c1-13-10-11-18(12-14(13)2)19-15(3)20(22-25(19,23)24)21-16(4)17-8-6-5-7-9-17/h5-12,16H,1-4H3,(H,21,22)/t16-/m0/s1. The van der Waals surface area contributed by atoms with Gasteiger partial charge in [-0.05, 0) is 49.9 Å². The Balaban J connectivity index is 2.05. The Bertz CT molecular complexity index is 974. The first-order valence-electron chi connectivity index (χ1n) is 8.24. The molecule has 1 aliphatic heterocycles. The van der Waals surface area contributed by atoms with Crippen LogP contribution in [0.3, 0.4) is 0 Å². The first-order chi connectivity index (χ1) is 11.8. The lowest BCUT2D eigenvalue weighted by molar-refractivity contribution is 0.603. The van der Waals surface area contributed by atoms with Crippen molar-refractivity contribution >= 4 is 20.8 Å². The van der Waals surface area contributed by atoms with E-state index in [-0.39, 0.29) is 6.04 Å². The van der Waals surface area contributed by atoms with Crippen molar-refractivity contribution in [3.63, 3.8) is 0 Å². The van der Waals surface area contributed by atoms with E-state index >= 15 is 0 Å². The van der Waals surface area contributed by atoms with Gasteiger partial charge in [0.2, 0.25) is 0 Å². The molecule has 4 nitrogen and oxygen atoms in total. The monoisotopic (exact) mass is 354 g/mol. The zero-order valence-corrected chi connectivity index (χ0v) is 15.7. The van der Waals surface area contributed by atoms with Crippen LogP contribution >= 0.6 is 0 Å². The smallest absolute Gasteiger partial charge is 0.263 e. The Labute approximate surface area is 149 Å². The summed E-state index contributed by atoms with van der Waals surface area (Å²) >= 11 is 0. The summed E-state index contributed by atoms with van der Waals surface area (Å²) in [6.45, 7) is 7.75. The highest BCUT2D eigenvalue weighted by atomic mass is 32.2. The fraction of sp³-hybridized carbons (Fsp3) is 0.250. The molecule has 5 heteroatoms. The number of aryl methyl sites for hydroxylation is 2. The molecule has 2 aromatic rings. The highest BCUT2D eigenvalue weighted by Crippen LogP contribution is 2.32. The Morgan fingerprint density at radius 3 is 2.28 bits per heavy atom. The van der Waals surface area contributed by atoms with Crippen LogP contribution in [0.25, 0.3) is 4.91 Å². The lowest BCUT2D eigenvalue weighted by Crippen LogP contribution is -2.24. The average Bonchev–Trinajstić information content (AvgIpc) is 2.80. The Kier molecular flexibility index (Phi) is 4.52. The van der Waals surface area contributed by atoms with Crippen LogP contribution in [-0.2, 0) is 10.0 Å². The number of hydrogen-bond donors (Lipinski definition) is 1. The second kappa shape index (κ2) is 6.48. The van der Waals surface area contributed by atoms with E-state index in [0.29, 0.717) is 21.9 Å². The zero-order chi connectivity index (χ0) is 18.2. The number of aliphatic imine (C=N–C) groups is 1. The van der Waals surface area contributed by atoms with Crippen LogP contribution in [0, 0.1) is 13.8 Å². The van der Waals surface area contributed by atoms with Crippen molar-refractivity contribution in [3.8, 4) is 0 Å². The zero-order valence-electron chi connectivity index (χ0n) is 14.9. The third-order valence-electron chi connectivity index (χ3n) is 4.57. The van der Waals surface area contributed by atoms with Crippen LogP contribution in [-0.4, -0.2) is 14.3 Å². The van der Waals surface area contributed by atoms with E-state index in [9.17, 15) is 8.42 Å². The second-order valence-corrected chi connectivity index (χ2v) is 8.04. The van der Waals surface area contributed by atoms with Crippen molar-refractivity contribution in [2.24, 2.45) is 4.99 Å². The number of nitrogens with one attached hydrogen (secondary N) is 1. The van der Waals surface area contributed by atoms with Gasteiger partial charge in [0.15, 0.2) is 0 Å². The number of amidine groups is 1. The predicted octanol–water partition coefficient (Wildman–Crippen LogP) is 4.13. The van der Waals surface area contributed by atoms with Crippen LogP contribution in [0.4, 0.5) is 0 Å². The highest BCUT2D eigenvalue weighted by molar-refractivity contribution is 8.00. The molecule has 0 fully saturated rings. The molecule has 0 spiro atoms. The SMILES string of the molecule is CC1=C(c2ccc(C)c(C)c2)S(=O)(=O)NC1=N[C@@H](C)c1ccccc1. The number of benzene rings is 2. The molecular weight excluding hydrogens is 332 g/mol. The summed E-state index contributed by atoms with van der Waals surface area (Å²) in [4.78, 5) is 4.92. The number of nitrogens with zero attached hydrogens (tertiary/aromatic N) is 1. The lowest BCUT2D eigenvalue weighted by Gasteiger charge is -2.08. The fourth-order valence-corrected chi connectivity index (χ4v) is 4.44. The van der Waals surface area contributed by atoms with E-state index in [4.69, 9.17) is 0 Å². The summed E-state index contributed by atoms with van der Waals surface area (Å²) in [5.74, 6) is 0.421. The van der Waals surface area contributed by atoms with E-state index in [1.54, 1.807) is 6.92 Å². The van der Waals surface area contributed by atoms with Gasteiger partial charge in [-0.3, -0.25) is 9.71 Å². The number of hydrogen-bond acceptors (Lipinski definition) is 3. The third kappa shape index (κ3) is 3.37. The third-order valence-corrected chi connectivity index (χ3v) is 6.11. The molecule has 0 saturated carbocycles. The summed E-state index contributed by atoms with van der Waals surface area (Å²) in [5.41, 5.74) is 4.60. The molecular formula is C20H22N2O2S. The summed E-state index contributed by atoms with van der Waals surface area (Å²) in [7, 11) is -3.60. The van der Waals surface area contributed by atoms with E-state index in [2.05, 4.69) is 9.71 Å². The summed E-state index contributed by atoms with van der Waals surface area (Å²) in [6.07, 6.45) is 0. The van der Waals surface area contributed by atoms with Gasteiger partial charge in [0.05, 0.1) is 6.04 Å².